The molecule has 0 saturated carbocycles. The molecular formula is C18H32N2. The predicted octanol–water partition coefficient (Wildman–Crippen LogP) is 4.51. The first-order chi connectivity index (χ1) is 9.37. The van der Waals surface area contributed by atoms with Crippen LogP contribution in [0.15, 0.2) is 18.2 Å². The van der Waals surface area contributed by atoms with E-state index < -0.39 is 0 Å². The minimum absolute atomic E-state index is 0.168. The third-order valence-corrected chi connectivity index (χ3v) is 3.66. The number of hydrogen-bond donors (Lipinski definition) is 1. The van der Waals surface area contributed by atoms with Gasteiger partial charge in [0, 0.05) is 30.9 Å². The molecule has 2 nitrogen and oxygen atoms in total. The highest BCUT2D eigenvalue weighted by atomic mass is 15.1. The van der Waals surface area contributed by atoms with Crippen LogP contribution in [0.25, 0.3) is 0 Å². The van der Waals surface area contributed by atoms with E-state index in [1.54, 1.807) is 0 Å². The van der Waals surface area contributed by atoms with E-state index in [1.807, 2.05) is 0 Å². The van der Waals surface area contributed by atoms with Crippen molar-refractivity contribution in [1.82, 2.24) is 5.32 Å². The molecule has 1 N–H and O–H groups in total. The maximum absolute atomic E-state index is 3.56. The molecule has 114 valence electrons. The molecule has 1 aromatic rings. The lowest BCUT2D eigenvalue weighted by Crippen LogP contribution is -2.35. The smallest absolute Gasteiger partial charge is 0.0368 e. The van der Waals surface area contributed by atoms with Crippen LogP contribution in [0.5, 0.6) is 0 Å². The molecule has 0 fully saturated rings. The molecule has 0 spiro atoms. The summed E-state index contributed by atoms with van der Waals surface area (Å²) in [5.74, 6) is 0. The summed E-state index contributed by atoms with van der Waals surface area (Å²) in [6.07, 6.45) is 2.52. The van der Waals surface area contributed by atoms with E-state index in [0.29, 0.717) is 0 Å². The normalized spacial score (nSPS) is 11.7. The zero-order chi connectivity index (χ0) is 15.2. The summed E-state index contributed by atoms with van der Waals surface area (Å²) in [4.78, 5) is 2.47. The second-order valence-electron chi connectivity index (χ2n) is 6.65. The van der Waals surface area contributed by atoms with E-state index in [1.165, 1.54) is 29.7 Å². The van der Waals surface area contributed by atoms with Gasteiger partial charge < -0.3 is 10.2 Å². The maximum Gasteiger partial charge on any atom is 0.0368 e. The third-order valence-electron chi connectivity index (χ3n) is 3.66. The summed E-state index contributed by atoms with van der Waals surface area (Å²) in [6, 6.07) is 6.88. The number of aryl methyl sites for hydroxylation is 1. The molecule has 0 amide bonds. The summed E-state index contributed by atoms with van der Waals surface area (Å²) in [6.45, 7) is 16.5. The summed E-state index contributed by atoms with van der Waals surface area (Å²) < 4.78 is 0. The Balaban J connectivity index is 2.75. The highest BCUT2D eigenvalue weighted by Gasteiger charge is 2.10. The largest absolute Gasteiger partial charge is 0.372 e. The van der Waals surface area contributed by atoms with Gasteiger partial charge in [0.2, 0.25) is 0 Å². The fourth-order valence-electron chi connectivity index (χ4n) is 2.25. The fraction of sp³-hybridized carbons (Fsp3) is 0.667. The van der Waals surface area contributed by atoms with Gasteiger partial charge in [0.25, 0.3) is 0 Å². The summed E-state index contributed by atoms with van der Waals surface area (Å²) in [5.41, 5.74) is 4.31. The van der Waals surface area contributed by atoms with Crippen molar-refractivity contribution in [3.05, 3.63) is 29.3 Å². The Kier molecular flexibility index (Phi) is 6.54. The molecule has 0 aromatic heterocycles. The molecule has 1 aromatic carbocycles. The van der Waals surface area contributed by atoms with Gasteiger partial charge in [0.15, 0.2) is 0 Å². The van der Waals surface area contributed by atoms with E-state index in [4.69, 9.17) is 0 Å². The first-order valence-corrected chi connectivity index (χ1v) is 7.97. The highest BCUT2D eigenvalue weighted by molar-refractivity contribution is 5.50. The van der Waals surface area contributed by atoms with E-state index in [-0.39, 0.29) is 5.54 Å². The zero-order valence-corrected chi connectivity index (χ0v) is 14.2. The number of nitrogens with one attached hydrogen (secondary N) is 1. The lowest BCUT2D eigenvalue weighted by Gasteiger charge is -2.25. The van der Waals surface area contributed by atoms with Gasteiger partial charge in [-0.3, -0.25) is 0 Å². The quantitative estimate of drug-likeness (QED) is 0.788. The van der Waals surface area contributed by atoms with Crippen LogP contribution in [0.2, 0.25) is 0 Å². The summed E-state index contributed by atoms with van der Waals surface area (Å²) in [7, 11) is 0. The number of anilines is 1. The van der Waals surface area contributed by atoms with E-state index in [9.17, 15) is 0 Å². The maximum atomic E-state index is 3.56. The van der Waals surface area contributed by atoms with Gasteiger partial charge in [-0.15, -0.1) is 0 Å². The Morgan fingerprint density at radius 3 is 2.35 bits per heavy atom. The van der Waals surface area contributed by atoms with Crippen molar-refractivity contribution >= 4 is 5.69 Å². The topological polar surface area (TPSA) is 15.3 Å². The highest BCUT2D eigenvalue weighted by Crippen LogP contribution is 2.20. The number of nitrogens with zero attached hydrogens (tertiary/aromatic N) is 1. The van der Waals surface area contributed by atoms with Crippen LogP contribution < -0.4 is 10.2 Å². The predicted molar refractivity (Wildman–Crippen MR) is 90.6 cm³/mol. The number of rotatable bonds is 7. The SMILES string of the molecule is CCCCN(CC)c1ccc(CNC(C)(C)C)c(C)c1. The van der Waals surface area contributed by atoms with Crippen molar-refractivity contribution in [2.75, 3.05) is 18.0 Å². The molecule has 0 aliphatic heterocycles. The molecule has 0 atom stereocenters. The molecule has 0 unspecified atom stereocenters. The van der Waals surface area contributed by atoms with Crippen molar-refractivity contribution < 1.29 is 0 Å². The Morgan fingerprint density at radius 1 is 1.15 bits per heavy atom. The first kappa shape index (κ1) is 17.0. The zero-order valence-electron chi connectivity index (χ0n) is 14.2. The van der Waals surface area contributed by atoms with Crippen LogP contribution in [-0.2, 0) is 6.54 Å². The summed E-state index contributed by atoms with van der Waals surface area (Å²) in [5, 5.41) is 3.56. The Labute approximate surface area is 125 Å². The number of benzene rings is 1. The number of unbranched alkanes of at least 4 members (excludes halogenated alkanes) is 1. The second kappa shape index (κ2) is 7.68. The van der Waals surface area contributed by atoms with Crippen molar-refractivity contribution in [2.45, 2.75) is 66.5 Å². The minimum atomic E-state index is 0.168. The van der Waals surface area contributed by atoms with Gasteiger partial charge in [-0.1, -0.05) is 19.4 Å². The van der Waals surface area contributed by atoms with Gasteiger partial charge >= 0.3 is 0 Å². The molecule has 0 heterocycles. The molecule has 20 heavy (non-hydrogen) atoms. The Bertz CT molecular complexity index is 404. The number of hydrogen-bond acceptors (Lipinski definition) is 2. The standard InChI is InChI=1S/C18H32N2/c1-7-9-12-20(8-2)17-11-10-16(15(3)13-17)14-19-18(4,5)6/h10-11,13,19H,7-9,12,14H2,1-6H3. The van der Waals surface area contributed by atoms with E-state index >= 15 is 0 Å². The summed E-state index contributed by atoms with van der Waals surface area (Å²) >= 11 is 0. The third kappa shape index (κ3) is 5.54. The van der Waals surface area contributed by atoms with Gasteiger partial charge in [-0.2, -0.15) is 0 Å². The monoisotopic (exact) mass is 276 g/mol. The van der Waals surface area contributed by atoms with Crippen LogP contribution in [0.4, 0.5) is 5.69 Å². The minimum Gasteiger partial charge on any atom is -0.372 e. The average Bonchev–Trinajstić information content (AvgIpc) is 2.37. The molecule has 0 aliphatic carbocycles. The van der Waals surface area contributed by atoms with Crippen molar-refractivity contribution in [3.8, 4) is 0 Å². The van der Waals surface area contributed by atoms with Crippen LogP contribution >= 0.6 is 0 Å². The van der Waals surface area contributed by atoms with Gasteiger partial charge in [-0.05, 0) is 64.3 Å². The first-order valence-electron chi connectivity index (χ1n) is 7.97. The van der Waals surface area contributed by atoms with E-state index in [2.05, 4.69) is 70.0 Å². The molecule has 2 heteroatoms. The Morgan fingerprint density at radius 2 is 1.85 bits per heavy atom. The van der Waals surface area contributed by atoms with Crippen LogP contribution in [0, 0.1) is 6.92 Å². The van der Waals surface area contributed by atoms with Crippen molar-refractivity contribution in [3.63, 3.8) is 0 Å². The Hall–Kier alpha value is -1.02. The van der Waals surface area contributed by atoms with Crippen molar-refractivity contribution in [2.24, 2.45) is 0 Å². The van der Waals surface area contributed by atoms with Gasteiger partial charge in [0.1, 0.15) is 0 Å². The lowest BCUT2D eigenvalue weighted by atomic mass is 10.0. The van der Waals surface area contributed by atoms with Gasteiger partial charge in [-0.25, -0.2) is 0 Å². The van der Waals surface area contributed by atoms with Crippen LogP contribution in [0.1, 0.15) is 58.6 Å². The average molecular weight is 276 g/mol. The molecule has 0 radical (unpaired) electrons. The fourth-order valence-corrected chi connectivity index (χ4v) is 2.25. The molecule has 1 rings (SSSR count). The molecule has 0 aliphatic rings. The van der Waals surface area contributed by atoms with Crippen molar-refractivity contribution in [1.29, 1.82) is 0 Å². The second-order valence-corrected chi connectivity index (χ2v) is 6.65. The van der Waals surface area contributed by atoms with Gasteiger partial charge in [0.05, 0.1) is 0 Å². The van der Waals surface area contributed by atoms with E-state index in [0.717, 1.165) is 19.6 Å². The van der Waals surface area contributed by atoms with Crippen LogP contribution in [0.3, 0.4) is 0 Å². The van der Waals surface area contributed by atoms with Crippen LogP contribution in [-0.4, -0.2) is 18.6 Å². The molecular weight excluding hydrogens is 244 g/mol. The molecule has 0 bridgehead atoms. The lowest BCUT2D eigenvalue weighted by molar-refractivity contribution is 0.424. The molecule has 0 saturated heterocycles.